The normalized spacial score (nSPS) is 21.0. The Hall–Kier alpha value is -2.02. The van der Waals surface area contributed by atoms with Gasteiger partial charge in [-0.05, 0) is 55.1 Å². The van der Waals surface area contributed by atoms with Crippen LogP contribution in [0.1, 0.15) is 56.3 Å². The zero-order valence-corrected chi connectivity index (χ0v) is 16.9. The van der Waals surface area contributed by atoms with Gasteiger partial charge in [-0.1, -0.05) is 30.8 Å². The van der Waals surface area contributed by atoms with E-state index in [0.717, 1.165) is 6.42 Å². The molecule has 3 saturated carbocycles. The molecule has 0 unspecified atom stereocenters. The number of halogens is 1. The van der Waals surface area contributed by atoms with E-state index in [2.05, 4.69) is 10.1 Å². The maximum atomic E-state index is 11.0. The van der Waals surface area contributed by atoms with Crippen LogP contribution in [0.4, 0.5) is 0 Å². The third-order valence-corrected chi connectivity index (χ3v) is 6.96. The average Bonchev–Trinajstić information content (AvgIpc) is 3.61. The van der Waals surface area contributed by atoms with E-state index in [1.54, 1.807) is 18.3 Å². The second kappa shape index (κ2) is 6.51. The van der Waals surface area contributed by atoms with Crippen LogP contribution in [-0.2, 0) is 0 Å². The largest absolute Gasteiger partial charge is 0.478 e. The third-order valence-electron chi connectivity index (χ3n) is 6.67. The first-order valence-corrected chi connectivity index (χ1v) is 10.2. The Morgan fingerprint density at radius 3 is 2.43 bits per heavy atom. The number of carbonyl (C=O) groups is 1. The zero-order chi connectivity index (χ0) is 20.2. The minimum Gasteiger partial charge on any atom is -0.478 e. The smallest absolute Gasteiger partial charge is 0.338 e. The molecule has 3 aliphatic rings. The van der Waals surface area contributed by atoms with Gasteiger partial charge in [0, 0.05) is 12.3 Å². The summed E-state index contributed by atoms with van der Waals surface area (Å²) >= 11 is 5.91. The van der Waals surface area contributed by atoms with Crippen molar-refractivity contribution in [3.05, 3.63) is 35.1 Å². The molecule has 1 N–H and O–H groups in total. The van der Waals surface area contributed by atoms with Gasteiger partial charge in [0.15, 0.2) is 5.82 Å². The summed E-state index contributed by atoms with van der Waals surface area (Å²) in [5.74, 6) is -0.193. The van der Waals surface area contributed by atoms with Crippen molar-refractivity contribution in [3.63, 3.8) is 0 Å². The van der Waals surface area contributed by atoms with Gasteiger partial charge in [-0.2, -0.15) is 0 Å². The van der Waals surface area contributed by atoms with E-state index in [1.807, 2.05) is 13.8 Å². The molecule has 0 atom stereocenters. The van der Waals surface area contributed by atoms with Crippen molar-refractivity contribution in [2.45, 2.75) is 51.3 Å². The number of hydrogen-bond acceptors (Lipinski definition) is 4. The molecule has 6 nitrogen and oxygen atoms in total. The number of hydrogen-bond donors (Lipinski definition) is 1. The molecule has 0 aliphatic heterocycles. The van der Waals surface area contributed by atoms with Gasteiger partial charge in [0.1, 0.15) is 5.15 Å². The molecule has 2 aromatic rings. The Kier molecular flexibility index (Phi) is 4.49. The Labute approximate surface area is 170 Å². The second-order valence-electron chi connectivity index (χ2n) is 7.65. The van der Waals surface area contributed by atoms with Crippen LogP contribution in [0.5, 0.6) is 5.88 Å². The number of nitrogens with zero attached hydrogens (tertiary/aromatic N) is 3. The number of carboxylic acid groups (broad SMARTS) is 1. The Morgan fingerprint density at radius 1 is 1.25 bits per heavy atom. The Bertz CT molecular complexity index is 903. The lowest BCUT2D eigenvalue weighted by Gasteiger charge is -2.12. The van der Waals surface area contributed by atoms with Gasteiger partial charge in [0.05, 0.1) is 20.0 Å². The van der Waals surface area contributed by atoms with Gasteiger partial charge in [0.25, 0.3) is 0 Å². The lowest BCUT2D eigenvalue weighted by Crippen LogP contribution is -2.07. The molecule has 28 heavy (non-hydrogen) atoms. The number of aromatic carboxylic acids is 1. The van der Waals surface area contributed by atoms with Crippen LogP contribution < -0.4 is 4.74 Å². The van der Waals surface area contributed by atoms with E-state index in [1.165, 1.54) is 36.4 Å². The highest BCUT2D eigenvalue weighted by Crippen LogP contribution is 3.02. The fourth-order valence-electron chi connectivity index (χ4n) is 5.08. The summed E-state index contributed by atoms with van der Waals surface area (Å²) in [5.41, 5.74) is 0.810. The summed E-state index contributed by atoms with van der Waals surface area (Å²) in [6.45, 7) is 4.54. The second-order valence-corrected chi connectivity index (χ2v) is 8.00. The predicted octanol–water partition coefficient (Wildman–Crippen LogP) is 4.32. The fraction of sp³-hybridized carbons (Fsp3) is 0.550. The SMILES string of the molecule is CC.[B]C1(CCOc2ccn(-c3ccc(C(=O)O)c(Cl)n3)n2)C2(CC2)C12CC2. The highest BCUT2D eigenvalue weighted by Gasteiger charge is 2.91. The molecule has 0 aromatic carbocycles. The minimum atomic E-state index is -1.11. The van der Waals surface area contributed by atoms with E-state index in [9.17, 15) is 4.79 Å². The molecule has 0 bridgehead atoms. The van der Waals surface area contributed by atoms with Crippen LogP contribution in [0, 0.1) is 10.8 Å². The fourth-order valence-corrected chi connectivity index (χ4v) is 5.31. The van der Waals surface area contributed by atoms with E-state index in [-0.39, 0.29) is 16.0 Å². The molecule has 2 aromatic heterocycles. The van der Waals surface area contributed by atoms with Crippen molar-refractivity contribution in [2.75, 3.05) is 6.61 Å². The summed E-state index contributed by atoms with van der Waals surface area (Å²) in [4.78, 5) is 15.1. The van der Waals surface area contributed by atoms with Crippen LogP contribution >= 0.6 is 11.6 Å². The number of fused-ring (bicyclic) bond motifs is 1. The van der Waals surface area contributed by atoms with Crippen LogP contribution in [0.15, 0.2) is 24.4 Å². The summed E-state index contributed by atoms with van der Waals surface area (Å²) in [6.07, 6.45) is 7.66. The molecule has 3 aliphatic carbocycles. The van der Waals surface area contributed by atoms with Crippen LogP contribution in [0.2, 0.25) is 10.5 Å². The van der Waals surface area contributed by atoms with Crippen molar-refractivity contribution < 1.29 is 14.6 Å². The summed E-state index contributed by atoms with van der Waals surface area (Å²) in [6, 6.07) is 4.71. The summed E-state index contributed by atoms with van der Waals surface area (Å²) < 4.78 is 7.30. The molecule has 146 valence electrons. The summed E-state index contributed by atoms with van der Waals surface area (Å²) in [7, 11) is 6.66. The first-order chi connectivity index (χ1) is 13.4. The maximum absolute atomic E-state index is 11.0. The molecule has 2 spiro atoms. The molecule has 3 fully saturated rings. The van der Waals surface area contributed by atoms with E-state index in [0.29, 0.717) is 29.1 Å². The van der Waals surface area contributed by atoms with E-state index in [4.69, 9.17) is 29.3 Å². The Morgan fingerprint density at radius 2 is 1.89 bits per heavy atom. The first-order valence-electron chi connectivity index (χ1n) is 9.80. The number of rotatable bonds is 6. The van der Waals surface area contributed by atoms with Crippen molar-refractivity contribution in [1.29, 1.82) is 0 Å². The molecule has 0 amide bonds. The first kappa shape index (κ1) is 19.3. The monoisotopic (exact) mass is 399 g/mol. The van der Waals surface area contributed by atoms with Crippen molar-refractivity contribution >= 4 is 25.4 Å². The molecule has 8 heteroatoms. The molecular formula is C20H23BClN3O3. The zero-order valence-electron chi connectivity index (χ0n) is 16.1. The van der Waals surface area contributed by atoms with Gasteiger partial charge in [-0.15, -0.1) is 5.10 Å². The van der Waals surface area contributed by atoms with Crippen LogP contribution in [0.3, 0.4) is 0 Å². The average molecular weight is 400 g/mol. The highest BCUT2D eigenvalue weighted by molar-refractivity contribution is 6.32. The molecule has 2 heterocycles. The van der Waals surface area contributed by atoms with Crippen molar-refractivity contribution in [3.8, 4) is 11.7 Å². The third kappa shape index (κ3) is 2.59. The minimum absolute atomic E-state index is 0.0374. The molecule has 5 rings (SSSR count). The van der Waals surface area contributed by atoms with Crippen molar-refractivity contribution in [1.82, 2.24) is 14.8 Å². The lowest BCUT2D eigenvalue weighted by molar-refractivity contribution is 0.0696. The van der Waals surface area contributed by atoms with Gasteiger partial charge in [-0.25, -0.2) is 14.5 Å². The molecular weight excluding hydrogens is 377 g/mol. The van der Waals surface area contributed by atoms with E-state index >= 15 is 0 Å². The summed E-state index contributed by atoms with van der Waals surface area (Å²) in [5, 5.41) is 13.2. The van der Waals surface area contributed by atoms with Gasteiger partial charge >= 0.3 is 5.97 Å². The topological polar surface area (TPSA) is 77.2 Å². The maximum Gasteiger partial charge on any atom is 0.338 e. The molecule has 2 radical (unpaired) electrons. The number of pyridine rings is 1. The standard InChI is InChI=1S/C18H17BClN3O3.C2H6/c19-18(16(4-5-16)17(18)6-7-17)8-10-26-13-3-9-23(22-13)12-2-1-11(15(24)25)14(20)21-12;1-2/h1-3,9H,4-8,10H2,(H,24,25);1-2H3. The Balaban J connectivity index is 0.000000932. The van der Waals surface area contributed by atoms with Crippen LogP contribution in [-0.4, -0.2) is 40.3 Å². The quantitative estimate of drug-likeness (QED) is 0.578. The van der Waals surface area contributed by atoms with Crippen LogP contribution in [0.25, 0.3) is 5.82 Å². The highest BCUT2D eigenvalue weighted by atomic mass is 35.5. The lowest BCUT2D eigenvalue weighted by atomic mass is 9.75. The number of ether oxygens (including phenoxy) is 1. The van der Waals surface area contributed by atoms with E-state index < -0.39 is 5.97 Å². The van der Waals surface area contributed by atoms with Gasteiger partial charge in [0.2, 0.25) is 5.88 Å². The van der Waals surface area contributed by atoms with Gasteiger partial charge in [-0.3, -0.25) is 0 Å². The van der Waals surface area contributed by atoms with Crippen molar-refractivity contribution in [2.24, 2.45) is 10.8 Å². The van der Waals surface area contributed by atoms with Gasteiger partial charge < -0.3 is 9.84 Å². The molecule has 0 saturated heterocycles. The number of aromatic nitrogens is 3. The number of carboxylic acids is 1. The predicted molar refractivity (Wildman–Crippen MR) is 107 cm³/mol.